The van der Waals surface area contributed by atoms with E-state index in [1.165, 1.54) is 0 Å². The summed E-state index contributed by atoms with van der Waals surface area (Å²) in [6.07, 6.45) is -0.901. The van der Waals surface area contributed by atoms with E-state index >= 15 is 0 Å². The molecule has 4 aromatic rings. The molecule has 31 heavy (non-hydrogen) atoms. The van der Waals surface area contributed by atoms with Gasteiger partial charge in [0.25, 0.3) is 0 Å². The first kappa shape index (κ1) is 20.5. The molecule has 4 heteroatoms. The van der Waals surface area contributed by atoms with Gasteiger partial charge in [0.1, 0.15) is 0 Å². The molecule has 1 heterocycles. The molecule has 4 nitrogen and oxygen atoms in total. The molecule has 3 aromatic carbocycles. The first-order valence-corrected chi connectivity index (χ1v) is 10.2. The van der Waals surface area contributed by atoms with Crippen molar-refractivity contribution in [2.45, 2.75) is 26.9 Å². The number of Topliss-reactive ketones (excluding diaryl/α,β-unsaturated/α-hetero) is 1. The van der Waals surface area contributed by atoms with Crippen LogP contribution in [0, 0.1) is 13.8 Å². The molecule has 4 rings (SSSR count). The van der Waals surface area contributed by atoms with Gasteiger partial charge in [-0.2, -0.15) is 0 Å². The van der Waals surface area contributed by atoms with Crippen molar-refractivity contribution in [3.05, 3.63) is 101 Å². The third-order valence-electron chi connectivity index (χ3n) is 5.38. The number of ether oxygens (including phenoxy) is 1. The van der Waals surface area contributed by atoms with Gasteiger partial charge < -0.3 is 4.74 Å². The van der Waals surface area contributed by atoms with Crippen LogP contribution < -0.4 is 0 Å². The van der Waals surface area contributed by atoms with Gasteiger partial charge in [0.15, 0.2) is 6.10 Å². The lowest BCUT2D eigenvalue weighted by Gasteiger charge is -2.17. The van der Waals surface area contributed by atoms with Gasteiger partial charge in [0.05, 0.1) is 16.8 Å². The van der Waals surface area contributed by atoms with E-state index in [0.29, 0.717) is 22.0 Å². The van der Waals surface area contributed by atoms with E-state index in [1.54, 1.807) is 19.1 Å². The Morgan fingerprint density at radius 3 is 2.19 bits per heavy atom. The van der Waals surface area contributed by atoms with Crippen LogP contribution in [0.25, 0.3) is 22.2 Å². The van der Waals surface area contributed by atoms with Gasteiger partial charge in [-0.15, -0.1) is 0 Å². The van der Waals surface area contributed by atoms with Crippen LogP contribution in [0.15, 0.2) is 78.9 Å². The largest absolute Gasteiger partial charge is 0.451 e. The molecular weight excluding hydrogens is 386 g/mol. The first-order valence-electron chi connectivity index (χ1n) is 10.2. The van der Waals surface area contributed by atoms with Gasteiger partial charge in [0, 0.05) is 16.5 Å². The summed E-state index contributed by atoms with van der Waals surface area (Å²) in [5, 5.41) is 0.708. The Balaban J connectivity index is 1.72. The van der Waals surface area contributed by atoms with Crippen LogP contribution in [0.2, 0.25) is 0 Å². The molecule has 0 amide bonds. The molecule has 0 spiro atoms. The molecular formula is C27H23NO3. The van der Waals surface area contributed by atoms with Crippen LogP contribution >= 0.6 is 0 Å². The normalized spacial score (nSPS) is 11.8. The van der Waals surface area contributed by atoms with Crippen molar-refractivity contribution in [1.82, 2.24) is 4.98 Å². The summed E-state index contributed by atoms with van der Waals surface area (Å²) in [6.45, 7) is 5.43. The molecule has 0 aliphatic carbocycles. The number of aryl methyl sites for hydroxylation is 1. The zero-order valence-electron chi connectivity index (χ0n) is 17.8. The predicted octanol–water partition coefficient (Wildman–Crippen LogP) is 5.95. The first-order chi connectivity index (χ1) is 15.0. The predicted molar refractivity (Wildman–Crippen MR) is 122 cm³/mol. The molecule has 154 valence electrons. The summed E-state index contributed by atoms with van der Waals surface area (Å²) in [7, 11) is 0. The number of pyridine rings is 1. The van der Waals surface area contributed by atoms with Crippen molar-refractivity contribution in [1.29, 1.82) is 0 Å². The fraction of sp³-hybridized carbons (Fsp3) is 0.148. The number of fused-ring (bicyclic) bond motifs is 1. The molecule has 1 aromatic heterocycles. The number of benzene rings is 3. The van der Waals surface area contributed by atoms with Crippen molar-refractivity contribution in [3.63, 3.8) is 0 Å². The molecule has 0 radical (unpaired) electrons. The molecule has 0 N–H and O–H groups in total. The average Bonchev–Trinajstić information content (AvgIpc) is 2.79. The third kappa shape index (κ3) is 4.10. The average molecular weight is 409 g/mol. The molecule has 0 aliphatic heterocycles. The molecule has 0 aliphatic rings. The molecule has 0 saturated heterocycles. The van der Waals surface area contributed by atoms with E-state index in [-0.39, 0.29) is 5.78 Å². The minimum Gasteiger partial charge on any atom is -0.451 e. The van der Waals surface area contributed by atoms with E-state index in [2.05, 4.69) is 0 Å². The maximum Gasteiger partial charge on any atom is 0.339 e. The summed E-state index contributed by atoms with van der Waals surface area (Å²) in [5.41, 5.74) is 5.10. The highest BCUT2D eigenvalue weighted by atomic mass is 16.5. The van der Waals surface area contributed by atoms with E-state index in [0.717, 1.165) is 22.4 Å². The Hall–Kier alpha value is -3.79. The summed E-state index contributed by atoms with van der Waals surface area (Å²) in [4.78, 5) is 30.8. The Morgan fingerprint density at radius 2 is 1.48 bits per heavy atom. The summed E-state index contributed by atoms with van der Waals surface area (Å²) in [5.74, 6) is -0.756. The number of hydrogen-bond donors (Lipinski definition) is 0. The number of ketones is 1. The minimum atomic E-state index is -0.901. The van der Waals surface area contributed by atoms with Crippen LogP contribution in [0.5, 0.6) is 0 Å². The van der Waals surface area contributed by atoms with Crippen molar-refractivity contribution >= 4 is 22.7 Å². The number of carbonyl (C=O) groups excluding carboxylic acids is 2. The fourth-order valence-electron chi connectivity index (χ4n) is 3.67. The molecule has 0 unspecified atom stereocenters. The highest BCUT2D eigenvalue weighted by Gasteiger charge is 2.25. The van der Waals surface area contributed by atoms with E-state index in [1.807, 2.05) is 80.6 Å². The second-order valence-corrected chi connectivity index (χ2v) is 7.62. The third-order valence-corrected chi connectivity index (χ3v) is 5.38. The van der Waals surface area contributed by atoms with Crippen LogP contribution in [-0.2, 0) is 4.74 Å². The van der Waals surface area contributed by atoms with Crippen molar-refractivity contribution in [2.24, 2.45) is 0 Å². The van der Waals surface area contributed by atoms with Crippen molar-refractivity contribution in [3.8, 4) is 11.3 Å². The highest BCUT2D eigenvalue weighted by molar-refractivity contribution is 6.08. The number of aromatic nitrogens is 1. The molecule has 1 atom stereocenters. The number of nitrogens with zero attached hydrogens (tertiary/aromatic N) is 1. The number of para-hydroxylation sites is 1. The SMILES string of the molecule is Cc1ccc(C(=O)[C@@H](C)OC(=O)c2c(C)c(-c3ccccc3)nc3ccccc23)cc1. The van der Waals surface area contributed by atoms with Gasteiger partial charge in [-0.05, 0) is 32.4 Å². The van der Waals surface area contributed by atoms with Crippen LogP contribution in [-0.4, -0.2) is 22.8 Å². The summed E-state index contributed by atoms with van der Waals surface area (Å²) < 4.78 is 5.65. The smallest absolute Gasteiger partial charge is 0.339 e. The zero-order chi connectivity index (χ0) is 22.0. The Bertz CT molecular complexity index is 1260. The summed E-state index contributed by atoms with van der Waals surface area (Å²) >= 11 is 0. The fourth-order valence-corrected chi connectivity index (χ4v) is 3.67. The Morgan fingerprint density at radius 1 is 0.839 bits per heavy atom. The Labute approximate surface area is 181 Å². The molecule has 0 bridgehead atoms. The second kappa shape index (κ2) is 8.52. The lowest BCUT2D eigenvalue weighted by Crippen LogP contribution is -2.25. The van der Waals surface area contributed by atoms with Gasteiger partial charge in [-0.1, -0.05) is 78.4 Å². The maximum absolute atomic E-state index is 13.3. The second-order valence-electron chi connectivity index (χ2n) is 7.62. The van der Waals surface area contributed by atoms with Crippen molar-refractivity contribution in [2.75, 3.05) is 0 Å². The lowest BCUT2D eigenvalue weighted by molar-refractivity contribution is 0.0320. The zero-order valence-corrected chi connectivity index (χ0v) is 17.8. The molecule has 0 fully saturated rings. The number of esters is 1. The number of carbonyl (C=O) groups is 2. The summed E-state index contributed by atoms with van der Waals surface area (Å²) in [6, 6.07) is 24.5. The van der Waals surface area contributed by atoms with Gasteiger partial charge >= 0.3 is 5.97 Å². The van der Waals surface area contributed by atoms with Gasteiger partial charge in [-0.3, -0.25) is 4.79 Å². The maximum atomic E-state index is 13.3. The van der Waals surface area contributed by atoms with E-state index < -0.39 is 12.1 Å². The quantitative estimate of drug-likeness (QED) is 0.302. The topological polar surface area (TPSA) is 56.3 Å². The van der Waals surface area contributed by atoms with Crippen molar-refractivity contribution < 1.29 is 14.3 Å². The number of rotatable bonds is 5. The lowest BCUT2D eigenvalue weighted by atomic mass is 9.97. The van der Waals surface area contributed by atoms with Gasteiger partial charge in [-0.25, -0.2) is 9.78 Å². The van der Waals surface area contributed by atoms with E-state index in [4.69, 9.17) is 9.72 Å². The Kier molecular flexibility index (Phi) is 5.63. The standard InChI is InChI=1S/C27H23NO3/c1-17-13-15-21(16-14-17)26(29)19(3)31-27(30)24-18(2)25(20-9-5-4-6-10-20)28-23-12-8-7-11-22(23)24/h4-16,19H,1-3H3/t19-/m1/s1. The van der Waals surface area contributed by atoms with E-state index in [9.17, 15) is 9.59 Å². The monoisotopic (exact) mass is 409 g/mol. The number of hydrogen-bond acceptors (Lipinski definition) is 4. The van der Waals surface area contributed by atoms with Crippen LogP contribution in [0.1, 0.15) is 38.8 Å². The highest BCUT2D eigenvalue weighted by Crippen LogP contribution is 2.30. The van der Waals surface area contributed by atoms with Gasteiger partial charge in [0.2, 0.25) is 5.78 Å². The minimum absolute atomic E-state index is 0.229. The van der Waals surface area contributed by atoms with Crippen LogP contribution in [0.4, 0.5) is 0 Å². The molecule has 0 saturated carbocycles. The van der Waals surface area contributed by atoms with Crippen LogP contribution in [0.3, 0.4) is 0 Å².